The number of ketones is 1. The molecule has 0 aliphatic carbocycles. The summed E-state index contributed by atoms with van der Waals surface area (Å²) in [5.41, 5.74) is 3.68. The molecular weight excluding hydrogens is 429 g/mol. The summed E-state index contributed by atoms with van der Waals surface area (Å²) in [4.78, 5) is 29.0. The van der Waals surface area contributed by atoms with Gasteiger partial charge < -0.3 is 4.98 Å². The molecular formula is C25H17F3N4O. The van der Waals surface area contributed by atoms with Gasteiger partial charge in [0.15, 0.2) is 5.78 Å². The molecule has 0 aliphatic heterocycles. The number of H-pyrrole nitrogens is 1. The van der Waals surface area contributed by atoms with Crippen molar-refractivity contribution in [3.05, 3.63) is 89.4 Å². The first-order valence-electron chi connectivity index (χ1n) is 10.2. The molecule has 0 atom stereocenters. The number of Topliss-reactive ketones (excluding diaryl/α,β-unsaturated/α-hetero) is 1. The number of alkyl halides is 3. The molecule has 2 aromatic carbocycles. The number of carbonyl (C=O) groups excluding carboxylic acids is 1. The van der Waals surface area contributed by atoms with Gasteiger partial charge in [0, 0.05) is 34.5 Å². The molecule has 5 nitrogen and oxygen atoms in total. The Morgan fingerprint density at radius 1 is 1.00 bits per heavy atom. The zero-order valence-electron chi connectivity index (χ0n) is 17.4. The van der Waals surface area contributed by atoms with Gasteiger partial charge in [0.1, 0.15) is 17.6 Å². The van der Waals surface area contributed by atoms with Crippen molar-refractivity contribution in [1.82, 2.24) is 19.9 Å². The highest BCUT2D eigenvalue weighted by molar-refractivity contribution is 6.04. The van der Waals surface area contributed by atoms with E-state index in [0.29, 0.717) is 28.1 Å². The Balaban J connectivity index is 1.48. The predicted octanol–water partition coefficient (Wildman–Crippen LogP) is 5.93. The summed E-state index contributed by atoms with van der Waals surface area (Å²) in [5.74, 6) is -0.266. The third kappa shape index (κ3) is 3.95. The fraction of sp³-hybridized carbons (Fsp3) is 0.120. The minimum Gasteiger partial charge on any atom is -0.324 e. The number of hydrogen-bond donors (Lipinski definition) is 1. The van der Waals surface area contributed by atoms with Gasteiger partial charge in [-0.15, -0.1) is 0 Å². The topological polar surface area (TPSA) is 71.5 Å². The molecule has 5 rings (SSSR count). The van der Waals surface area contributed by atoms with Crippen molar-refractivity contribution in [3.8, 4) is 11.3 Å². The van der Waals surface area contributed by atoms with E-state index in [1.54, 1.807) is 18.3 Å². The van der Waals surface area contributed by atoms with Crippen molar-refractivity contribution in [2.75, 3.05) is 0 Å². The van der Waals surface area contributed by atoms with Gasteiger partial charge in [-0.1, -0.05) is 30.3 Å². The van der Waals surface area contributed by atoms with Crippen LogP contribution in [0, 0.1) is 6.92 Å². The Labute approximate surface area is 186 Å². The van der Waals surface area contributed by atoms with Gasteiger partial charge in [-0.2, -0.15) is 13.2 Å². The van der Waals surface area contributed by atoms with Crippen LogP contribution < -0.4 is 0 Å². The zero-order chi connectivity index (χ0) is 23.2. The minimum absolute atomic E-state index is 0.125. The molecule has 0 saturated carbocycles. The van der Waals surface area contributed by atoms with Crippen molar-refractivity contribution in [1.29, 1.82) is 0 Å². The molecule has 0 aliphatic rings. The van der Waals surface area contributed by atoms with E-state index < -0.39 is 11.7 Å². The minimum atomic E-state index is -4.45. The molecule has 0 fully saturated rings. The highest BCUT2D eigenvalue weighted by Crippen LogP contribution is 2.31. The Bertz CT molecular complexity index is 1520. The predicted molar refractivity (Wildman–Crippen MR) is 119 cm³/mol. The summed E-state index contributed by atoms with van der Waals surface area (Å²) < 4.78 is 39.0. The van der Waals surface area contributed by atoms with Gasteiger partial charge in [0.05, 0.1) is 11.3 Å². The van der Waals surface area contributed by atoms with Crippen LogP contribution in [0.15, 0.2) is 67.1 Å². The molecule has 0 unspecified atom stereocenters. The van der Waals surface area contributed by atoms with E-state index >= 15 is 0 Å². The molecule has 5 aromatic rings. The van der Waals surface area contributed by atoms with Gasteiger partial charge in [-0.3, -0.25) is 4.79 Å². The molecule has 0 amide bonds. The maximum atomic E-state index is 13.0. The van der Waals surface area contributed by atoms with E-state index in [-0.39, 0.29) is 12.2 Å². The largest absolute Gasteiger partial charge is 0.416 e. The van der Waals surface area contributed by atoms with Crippen LogP contribution >= 0.6 is 0 Å². The average molecular weight is 446 g/mol. The number of aryl methyl sites for hydroxylation is 1. The van der Waals surface area contributed by atoms with E-state index in [9.17, 15) is 18.0 Å². The molecule has 0 saturated heterocycles. The van der Waals surface area contributed by atoms with Gasteiger partial charge in [0.25, 0.3) is 0 Å². The summed E-state index contributed by atoms with van der Waals surface area (Å²) in [5, 5.41) is 1.76. The van der Waals surface area contributed by atoms with Crippen LogP contribution in [0.1, 0.15) is 27.0 Å². The van der Waals surface area contributed by atoms with Crippen molar-refractivity contribution >= 4 is 27.9 Å². The monoisotopic (exact) mass is 446 g/mol. The van der Waals surface area contributed by atoms with Crippen LogP contribution in [0.25, 0.3) is 33.3 Å². The molecule has 164 valence electrons. The lowest BCUT2D eigenvalue weighted by molar-refractivity contribution is -0.137. The average Bonchev–Trinajstić information content (AvgIpc) is 3.17. The lowest BCUT2D eigenvalue weighted by atomic mass is 9.96. The SMILES string of the molecule is Cc1ccc(C(=O)Cc2cccc(C(F)(F)F)c2)cc1-c1ccc2c(n1)[nH]c1ncncc12. The van der Waals surface area contributed by atoms with Gasteiger partial charge in [0.2, 0.25) is 0 Å². The Kier molecular flexibility index (Phi) is 4.92. The van der Waals surface area contributed by atoms with Crippen LogP contribution in [-0.4, -0.2) is 25.7 Å². The highest BCUT2D eigenvalue weighted by atomic mass is 19.4. The lowest BCUT2D eigenvalue weighted by Gasteiger charge is -2.10. The molecule has 0 spiro atoms. The first-order chi connectivity index (χ1) is 15.8. The highest BCUT2D eigenvalue weighted by Gasteiger charge is 2.30. The number of benzene rings is 2. The van der Waals surface area contributed by atoms with E-state index in [1.165, 1.54) is 18.5 Å². The van der Waals surface area contributed by atoms with Crippen molar-refractivity contribution in [3.63, 3.8) is 0 Å². The summed E-state index contributed by atoms with van der Waals surface area (Å²) in [6.45, 7) is 1.92. The molecule has 1 N–H and O–H groups in total. The van der Waals surface area contributed by atoms with Crippen LogP contribution in [-0.2, 0) is 12.6 Å². The number of nitrogens with one attached hydrogen (secondary N) is 1. The number of hydrogen-bond acceptors (Lipinski definition) is 4. The van der Waals surface area contributed by atoms with Gasteiger partial charge in [-0.25, -0.2) is 15.0 Å². The molecule has 0 radical (unpaired) electrons. The number of pyridine rings is 1. The van der Waals surface area contributed by atoms with Crippen molar-refractivity contribution in [2.45, 2.75) is 19.5 Å². The number of aromatic amines is 1. The normalized spacial score (nSPS) is 11.9. The molecule has 0 bridgehead atoms. The second-order valence-corrected chi connectivity index (χ2v) is 7.83. The van der Waals surface area contributed by atoms with Crippen molar-refractivity contribution in [2.24, 2.45) is 0 Å². The molecule has 8 heteroatoms. The number of fused-ring (bicyclic) bond motifs is 3. The first kappa shape index (κ1) is 20.8. The van der Waals surface area contributed by atoms with Crippen molar-refractivity contribution < 1.29 is 18.0 Å². The summed E-state index contributed by atoms with van der Waals surface area (Å²) in [6.07, 6.45) is -1.39. The Morgan fingerprint density at radius 2 is 1.85 bits per heavy atom. The third-order valence-corrected chi connectivity index (χ3v) is 5.59. The lowest BCUT2D eigenvalue weighted by Crippen LogP contribution is -2.08. The number of rotatable bonds is 4. The van der Waals surface area contributed by atoms with E-state index in [4.69, 9.17) is 4.98 Å². The van der Waals surface area contributed by atoms with E-state index in [1.807, 2.05) is 25.1 Å². The second-order valence-electron chi connectivity index (χ2n) is 7.83. The second kappa shape index (κ2) is 7.81. The zero-order valence-corrected chi connectivity index (χ0v) is 17.4. The molecule has 33 heavy (non-hydrogen) atoms. The fourth-order valence-electron chi connectivity index (χ4n) is 3.88. The smallest absolute Gasteiger partial charge is 0.324 e. The number of aromatic nitrogens is 4. The van der Waals surface area contributed by atoms with Gasteiger partial charge >= 0.3 is 6.18 Å². The standard InChI is InChI=1S/C25H17F3N4O/c1-14-5-6-16(22(33)10-15-3-2-4-17(9-15)25(26,27)28)11-19(14)21-8-7-18-20-12-29-13-30-23(20)32-24(18)31-21/h2-9,11-13H,10H2,1H3,(H,29,30,31,32). The van der Waals surface area contributed by atoms with E-state index in [0.717, 1.165) is 34.0 Å². The Hall–Kier alpha value is -4.07. The van der Waals surface area contributed by atoms with Crippen LogP contribution in [0.4, 0.5) is 13.2 Å². The summed E-state index contributed by atoms with van der Waals surface area (Å²) in [7, 11) is 0. The number of carbonyl (C=O) groups is 1. The summed E-state index contributed by atoms with van der Waals surface area (Å²) >= 11 is 0. The summed E-state index contributed by atoms with van der Waals surface area (Å²) in [6, 6.07) is 13.9. The first-order valence-corrected chi connectivity index (χ1v) is 10.2. The number of nitrogens with zero attached hydrogens (tertiary/aromatic N) is 3. The van der Waals surface area contributed by atoms with Gasteiger partial charge in [-0.05, 0) is 42.3 Å². The fourth-order valence-corrected chi connectivity index (χ4v) is 3.88. The molecule has 3 heterocycles. The quantitative estimate of drug-likeness (QED) is 0.348. The third-order valence-electron chi connectivity index (χ3n) is 5.59. The Morgan fingerprint density at radius 3 is 2.67 bits per heavy atom. The van der Waals surface area contributed by atoms with Crippen LogP contribution in [0.5, 0.6) is 0 Å². The maximum Gasteiger partial charge on any atom is 0.416 e. The van der Waals surface area contributed by atoms with Crippen LogP contribution in [0.2, 0.25) is 0 Å². The molecule has 3 aromatic heterocycles. The van der Waals surface area contributed by atoms with Crippen LogP contribution in [0.3, 0.4) is 0 Å². The van der Waals surface area contributed by atoms with E-state index in [2.05, 4.69) is 15.0 Å². The number of halogens is 3. The maximum absolute atomic E-state index is 13.0.